The number of anilines is 1. The van der Waals surface area contributed by atoms with Gasteiger partial charge in [0.1, 0.15) is 12.4 Å². The van der Waals surface area contributed by atoms with Crippen LogP contribution in [0.3, 0.4) is 0 Å². The summed E-state index contributed by atoms with van der Waals surface area (Å²) in [5.74, 6) is 0.406. The van der Waals surface area contributed by atoms with Gasteiger partial charge in [0.15, 0.2) is 0 Å². The van der Waals surface area contributed by atoms with Gasteiger partial charge < -0.3 is 4.74 Å². The Morgan fingerprint density at radius 3 is 2.28 bits per heavy atom. The highest BCUT2D eigenvalue weighted by Gasteiger charge is 2.36. The molecule has 0 atom stereocenters. The van der Waals surface area contributed by atoms with Gasteiger partial charge in [-0.15, -0.1) is 0 Å². The van der Waals surface area contributed by atoms with Crippen LogP contribution in [0.2, 0.25) is 5.02 Å². The topological polar surface area (TPSA) is 46.6 Å². The van der Waals surface area contributed by atoms with Gasteiger partial charge in [-0.2, -0.15) is 0 Å². The first-order chi connectivity index (χ1) is 14.1. The third-order valence-electron chi connectivity index (χ3n) is 4.30. The number of amides is 2. The molecule has 29 heavy (non-hydrogen) atoms. The molecule has 1 saturated heterocycles. The zero-order valence-corrected chi connectivity index (χ0v) is 16.8. The van der Waals surface area contributed by atoms with Gasteiger partial charge >= 0.3 is 0 Å². The highest BCUT2D eigenvalue weighted by atomic mass is 35.5. The Morgan fingerprint density at radius 2 is 1.59 bits per heavy atom. The molecule has 1 heterocycles. The molecule has 0 aromatic heterocycles. The van der Waals surface area contributed by atoms with E-state index in [4.69, 9.17) is 16.3 Å². The Morgan fingerprint density at radius 1 is 0.897 bits per heavy atom. The number of imide groups is 1. The van der Waals surface area contributed by atoms with E-state index in [0.717, 1.165) is 28.6 Å². The second-order valence-electron chi connectivity index (χ2n) is 6.34. The van der Waals surface area contributed by atoms with Crippen molar-refractivity contribution in [3.8, 4) is 5.75 Å². The first-order valence-electron chi connectivity index (χ1n) is 8.90. The van der Waals surface area contributed by atoms with Crippen molar-refractivity contribution in [1.29, 1.82) is 0 Å². The van der Waals surface area contributed by atoms with Gasteiger partial charge in [0, 0.05) is 5.02 Å². The molecule has 0 saturated carbocycles. The molecule has 1 fully saturated rings. The molecule has 0 spiro atoms. The fourth-order valence-corrected chi connectivity index (χ4v) is 3.79. The lowest BCUT2D eigenvalue weighted by Crippen LogP contribution is -2.27. The van der Waals surface area contributed by atoms with E-state index in [1.54, 1.807) is 30.3 Å². The van der Waals surface area contributed by atoms with Gasteiger partial charge in [0.05, 0.1) is 10.6 Å². The molecule has 1 aliphatic rings. The van der Waals surface area contributed by atoms with E-state index < -0.39 is 0 Å². The van der Waals surface area contributed by atoms with Crippen molar-refractivity contribution in [2.24, 2.45) is 0 Å². The van der Waals surface area contributed by atoms with Crippen LogP contribution >= 0.6 is 23.4 Å². The molecule has 0 unspecified atom stereocenters. The smallest absolute Gasteiger partial charge is 0.298 e. The van der Waals surface area contributed by atoms with Gasteiger partial charge in [-0.05, 0) is 65.4 Å². The van der Waals surface area contributed by atoms with Crippen LogP contribution in [0.1, 0.15) is 11.1 Å². The van der Waals surface area contributed by atoms with Crippen molar-refractivity contribution in [1.82, 2.24) is 0 Å². The third kappa shape index (κ3) is 4.53. The van der Waals surface area contributed by atoms with E-state index in [0.29, 0.717) is 22.2 Å². The highest BCUT2D eigenvalue weighted by molar-refractivity contribution is 8.19. The number of halogens is 1. The average Bonchev–Trinajstić information content (AvgIpc) is 3.02. The van der Waals surface area contributed by atoms with E-state index >= 15 is 0 Å². The van der Waals surface area contributed by atoms with Crippen molar-refractivity contribution in [2.75, 3.05) is 4.90 Å². The lowest BCUT2D eigenvalue weighted by Gasteiger charge is -2.11. The lowest BCUT2D eigenvalue weighted by atomic mass is 10.2. The maximum absolute atomic E-state index is 12.7. The van der Waals surface area contributed by atoms with Crippen molar-refractivity contribution >= 4 is 46.3 Å². The normalized spacial score (nSPS) is 15.2. The molecule has 0 aliphatic carbocycles. The second kappa shape index (κ2) is 8.55. The van der Waals surface area contributed by atoms with Crippen molar-refractivity contribution in [3.05, 3.63) is 99.9 Å². The molecule has 4 rings (SSSR count). The van der Waals surface area contributed by atoms with Crippen LogP contribution in [0.15, 0.2) is 83.8 Å². The van der Waals surface area contributed by atoms with Crippen LogP contribution in [-0.4, -0.2) is 11.1 Å². The Bertz CT molecular complexity index is 1060. The summed E-state index contributed by atoms with van der Waals surface area (Å²) in [5.41, 5.74) is 2.42. The van der Waals surface area contributed by atoms with E-state index in [-0.39, 0.29) is 11.1 Å². The quantitative estimate of drug-likeness (QED) is 0.463. The molecule has 0 radical (unpaired) electrons. The number of benzene rings is 3. The molecule has 3 aromatic rings. The monoisotopic (exact) mass is 421 g/mol. The van der Waals surface area contributed by atoms with E-state index in [1.165, 1.54) is 4.90 Å². The van der Waals surface area contributed by atoms with Gasteiger partial charge in [-0.25, -0.2) is 4.90 Å². The first-order valence-corrected chi connectivity index (χ1v) is 10.1. The average molecular weight is 422 g/mol. The number of ether oxygens (including phenoxy) is 1. The molecule has 0 bridgehead atoms. The Hall–Kier alpha value is -3.02. The fraction of sp³-hybridized carbons (Fsp3) is 0.0435. The zero-order chi connectivity index (χ0) is 20.2. The molecule has 2 amide bonds. The number of carbonyl (C=O) groups excluding carboxylic acids is 2. The van der Waals surface area contributed by atoms with E-state index in [1.807, 2.05) is 54.6 Å². The molecular formula is C23H16ClNO3S. The minimum atomic E-state index is -0.311. The van der Waals surface area contributed by atoms with Crippen LogP contribution < -0.4 is 9.64 Å². The predicted molar refractivity (Wildman–Crippen MR) is 117 cm³/mol. The third-order valence-corrected chi connectivity index (χ3v) is 5.43. The fourth-order valence-electron chi connectivity index (χ4n) is 2.83. The number of nitrogens with zero attached hydrogens (tertiary/aromatic N) is 1. The maximum atomic E-state index is 12.7. The molecule has 3 aromatic carbocycles. The van der Waals surface area contributed by atoms with Crippen LogP contribution in [0.25, 0.3) is 6.08 Å². The molecule has 1 aliphatic heterocycles. The molecule has 0 N–H and O–H groups in total. The SMILES string of the molecule is O=C1SC(=Cc2ccc(OCc3ccc(Cl)cc3)cc2)C(=O)N1c1ccccc1. The highest BCUT2D eigenvalue weighted by Crippen LogP contribution is 2.35. The minimum absolute atomic E-state index is 0.296. The summed E-state index contributed by atoms with van der Waals surface area (Å²) < 4.78 is 5.77. The lowest BCUT2D eigenvalue weighted by molar-refractivity contribution is -0.113. The maximum Gasteiger partial charge on any atom is 0.298 e. The molecule has 6 heteroatoms. The molecular weight excluding hydrogens is 406 g/mol. The summed E-state index contributed by atoms with van der Waals surface area (Å²) in [6, 6.07) is 23.8. The summed E-state index contributed by atoms with van der Waals surface area (Å²) in [4.78, 5) is 26.5. The van der Waals surface area contributed by atoms with Crippen LogP contribution in [0, 0.1) is 0 Å². The standard InChI is InChI=1S/C23H16ClNO3S/c24-18-10-6-17(7-11-18)15-28-20-12-8-16(9-13-20)14-21-22(26)25(23(27)29-21)19-4-2-1-3-5-19/h1-14H,15H2. The summed E-state index contributed by atoms with van der Waals surface area (Å²) in [6.45, 7) is 0.437. The molecule has 4 nitrogen and oxygen atoms in total. The summed E-state index contributed by atoms with van der Waals surface area (Å²) in [7, 11) is 0. The Labute approximate surface area is 177 Å². The number of hydrogen-bond acceptors (Lipinski definition) is 4. The van der Waals surface area contributed by atoms with Crippen molar-refractivity contribution in [2.45, 2.75) is 6.61 Å². The zero-order valence-electron chi connectivity index (χ0n) is 15.2. The predicted octanol–water partition coefficient (Wildman–Crippen LogP) is 6.16. The number of hydrogen-bond donors (Lipinski definition) is 0. The summed E-state index contributed by atoms with van der Waals surface area (Å²) in [6.07, 6.45) is 1.72. The van der Waals surface area contributed by atoms with Gasteiger partial charge in [0.2, 0.25) is 0 Å². The van der Waals surface area contributed by atoms with Crippen molar-refractivity contribution < 1.29 is 14.3 Å². The summed E-state index contributed by atoms with van der Waals surface area (Å²) >= 11 is 6.82. The van der Waals surface area contributed by atoms with Gasteiger partial charge in [-0.1, -0.05) is 54.1 Å². The van der Waals surface area contributed by atoms with E-state index in [2.05, 4.69) is 0 Å². The minimum Gasteiger partial charge on any atom is -0.489 e. The van der Waals surface area contributed by atoms with Gasteiger partial charge in [-0.3, -0.25) is 9.59 Å². The van der Waals surface area contributed by atoms with Gasteiger partial charge in [0.25, 0.3) is 11.1 Å². The largest absolute Gasteiger partial charge is 0.489 e. The number of rotatable bonds is 5. The van der Waals surface area contributed by atoms with Crippen LogP contribution in [0.5, 0.6) is 5.75 Å². The van der Waals surface area contributed by atoms with Crippen molar-refractivity contribution in [3.63, 3.8) is 0 Å². The Balaban J connectivity index is 1.44. The van der Waals surface area contributed by atoms with Crippen LogP contribution in [0.4, 0.5) is 10.5 Å². The Kier molecular flexibility index (Phi) is 5.69. The van der Waals surface area contributed by atoms with E-state index in [9.17, 15) is 9.59 Å². The van der Waals surface area contributed by atoms with Crippen LogP contribution in [-0.2, 0) is 11.4 Å². The summed E-state index contributed by atoms with van der Waals surface area (Å²) in [5, 5.41) is 0.394. The number of thioether (sulfide) groups is 1. The number of carbonyl (C=O) groups is 2. The number of para-hydroxylation sites is 1. The molecule has 144 valence electrons. The second-order valence-corrected chi connectivity index (χ2v) is 7.77. The first kappa shape index (κ1) is 19.3.